The Bertz CT molecular complexity index is 804. The van der Waals surface area contributed by atoms with E-state index in [9.17, 15) is 14.9 Å². The summed E-state index contributed by atoms with van der Waals surface area (Å²) in [6, 6.07) is 6.99. The monoisotopic (exact) mass is 358 g/mol. The van der Waals surface area contributed by atoms with Gasteiger partial charge in [0.1, 0.15) is 11.3 Å². The first-order valence-electron chi connectivity index (χ1n) is 8.25. The van der Waals surface area contributed by atoms with Crippen LogP contribution in [0.2, 0.25) is 0 Å². The first-order valence-corrected chi connectivity index (χ1v) is 8.25. The van der Waals surface area contributed by atoms with E-state index in [4.69, 9.17) is 9.15 Å². The van der Waals surface area contributed by atoms with Gasteiger partial charge in [0.25, 0.3) is 5.91 Å². The topological polar surface area (TPSA) is 110 Å². The van der Waals surface area contributed by atoms with Gasteiger partial charge in [-0.25, -0.2) is 4.79 Å². The van der Waals surface area contributed by atoms with E-state index in [2.05, 4.69) is 16.5 Å². The average Bonchev–Trinajstić information content (AvgIpc) is 3.26. The molecule has 1 amide bonds. The number of carbonyl (C=O) groups excluding carboxylic acids is 2. The van der Waals surface area contributed by atoms with Crippen molar-refractivity contribution >= 4 is 11.9 Å². The predicted octanol–water partition coefficient (Wildman–Crippen LogP) is 2.12. The third-order valence-electron chi connectivity index (χ3n) is 4.16. The lowest BCUT2D eigenvalue weighted by atomic mass is 9.90. The van der Waals surface area contributed by atoms with Crippen LogP contribution in [0.4, 0.5) is 0 Å². The maximum atomic E-state index is 12.2. The van der Waals surface area contributed by atoms with Gasteiger partial charge in [-0.15, -0.1) is 0 Å². The van der Waals surface area contributed by atoms with E-state index in [1.54, 1.807) is 36.1 Å². The molecule has 0 aliphatic rings. The molecule has 2 aromatic rings. The van der Waals surface area contributed by atoms with E-state index < -0.39 is 23.5 Å². The summed E-state index contributed by atoms with van der Waals surface area (Å²) in [4.78, 5) is 24.4. The van der Waals surface area contributed by atoms with Gasteiger partial charge in [0.2, 0.25) is 5.76 Å². The number of rotatable bonds is 7. The molecule has 0 radical (unpaired) electrons. The molecule has 0 fully saturated rings. The number of nitrogens with zero attached hydrogens (tertiary/aromatic N) is 3. The first kappa shape index (κ1) is 19.2. The third kappa shape index (κ3) is 4.51. The third-order valence-corrected chi connectivity index (χ3v) is 4.16. The molecule has 1 N–H and O–H groups in total. The summed E-state index contributed by atoms with van der Waals surface area (Å²) in [6.45, 7) is 7.09. The quantitative estimate of drug-likeness (QED) is 0.759. The maximum Gasteiger partial charge on any atom is 0.375 e. The van der Waals surface area contributed by atoms with Gasteiger partial charge in [-0.1, -0.05) is 13.8 Å². The molecule has 138 valence electrons. The van der Waals surface area contributed by atoms with Crippen molar-refractivity contribution < 1.29 is 18.7 Å². The molecule has 0 saturated heterocycles. The van der Waals surface area contributed by atoms with Gasteiger partial charge in [-0.2, -0.15) is 10.4 Å². The molecule has 2 heterocycles. The SMILES string of the molecule is CC(OC(=O)c1ccc(Cn2cccn2)o1)C(=O)NC(C)(C#N)C(C)C. The molecule has 0 aliphatic heterocycles. The van der Waals surface area contributed by atoms with Crippen molar-refractivity contribution in [2.75, 3.05) is 0 Å². The molecule has 8 heteroatoms. The molecule has 0 spiro atoms. The summed E-state index contributed by atoms with van der Waals surface area (Å²) >= 11 is 0. The van der Waals surface area contributed by atoms with E-state index in [1.807, 2.05) is 13.8 Å². The molecule has 2 unspecified atom stereocenters. The lowest BCUT2D eigenvalue weighted by molar-refractivity contribution is -0.130. The Labute approximate surface area is 151 Å². The standard InChI is InChI=1S/C18H22N4O4/c1-12(2)18(4,11-19)21-16(23)13(3)25-17(24)15-7-6-14(26-15)10-22-9-5-8-20-22/h5-9,12-13H,10H2,1-4H3,(H,21,23). The number of esters is 1. The Morgan fingerprint density at radius 3 is 2.73 bits per heavy atom. The summed E-state index contributed by atoms with van der Waals surface area (Å²) in [5.74, 6) is -0.857. The summed E-state index contributed by atoms with van der Waals surface area (Å²) in [5.41, 5.74) is -1.04. The van der Waals surface area contributed by atoms with Crippen LogP contribution in [0.5, 0.6) is 0 Å². The molecular formula is C18H22N4O4. The van der Waals surface area contributed by atoms with Gasteiger partial charge in [0, 0.05) is 12.4 Å². The van der Waals surface area contributed by atoms with Crippen molar-refractivity contribution in [2.45, 2.75) is 45.9 Å². The highest BCUT2D eigenvalue weighted by atomic mass is 16.6. The summed E-state index contributed by atoms with van der Waals surface area (Å²) in [5, 5.41) is 15.9. The van der Waals surface area contributed by atoms with Gasteiger partial charge in [-0.3, -0.25) is 9.48 Å². The zero-order valence-electron chi connectivity index (χ0n) is 15.2. The van der Waals surface area contributed by atoms with E-state index in [0.29, 0.717) is 12.3 Å². The Balaban J connectivity index is 1.95. The minimum atomic E-state index is -1.06. The van der Waals surface area contributed by atoms with Crippen LogP contribution in [-0.2, 0) is 16.1 Å². The van der Waals surface area contributed by atoms with E-state index in [1.165, 1.54) is 13.0 Å². The zero-order chi connectivity index (χ0) is 19.3. The highest BCUT2D eigenvalue weighted by molar-refractivity contribution is 5.90. The fourth-order valence-electron chi connectivity index (χ4n) is 2.06. The second-order valence-corrected chi connectivity index (χ2v) is 6.48. The number of nitriles is 1. The minimum absolute atomic E-state index is 0.00119. The predicted molar refractivity (Wildman–Crippen MR) is 91.9 cm³/mol. The Morgan fingerprint density at radius 2 is 2.15 bits per heavy atom. The van der Waals surface area contributed by atoms with Crippen LogP contribution < -0.4 is 5.32 Å². The summed E-state index contributed by atoms with van der Waals surface area (Å²) in [7, 11) is 0. The number of carbonyl (C=O) groups is 2. The number of hydrogen-bond donors (Lipinski definition) is 1. The fraction of sp³-hybridized carbons (Fsp3) is 0.444. The van der Waals surface area contributed by atoms with E-state index >= 15 is 0 Å². The van der Waals surface area contributed by atoms with Crippen molar-refractivity contribution in [3.05, 3.63) is 42.1 Å². The van der Waals surface area contributed by atoms with Crippen LogP contribution in [0.25, 0.3) is 0 Å². The van der Waals surface area contributed by atoms with Crippen LogP contribution in [0.3, 0.4) is 0 Å². The van der Waals surface area contributed by atoms with Crippen LogP contribution in [0.15, 0.2) is 35.0 Å². The molecule has 0 aliphatic carbocycles. The van der Waals surface area contributed by atoms with Crippen LogP contribution in [0.1, 0.15) is 44.0 Å². The Hall–Kier alpha value is -3.08. The van der Waals surface area contributed by atoms with Crippen LogP contribution in [0, 0.1) is 17.2 Å². The maximum absolute atomic E-state index is 12.2. The second-order valence-electron chi connectivity index (χ2n) is 6.48. The summed E-state index contributed by atoms with van der Waals surface area (Å²) < 4.78 is 12.2. The second kappa shape index (κ2) is 7.87. The number of furan rings is 1. The lowest BCUT2D eigenvalue weighted by Crippen LogP contribution is -2.52. The number of ether oxygens (including phenoxy) is 1. The fourth-order valence-corrected chi connectivity index (χ4v) is 2.06. The molecule has 0 aromatic carbocycles. The lowest BCUT2D eigenvalue weighted by Gasteiger charge is -2.28. The molecule has 0 saturated carbocycles. The summed E-state index contributed by atoms with van der Waals surface area (Å²) in [6.07, 6.45) is 2.35. The van der Waals surface area contributed by atoms with E-state index in [-0.39, 0.29) is 11.7 Å². The molecular weight excluding hydrogens is 336 g/mol. The Kier molecular flexibility index (Phi) is 5.82. The number of hydrogen-bond acceptors (Lipinski definition) is 6. The normalized spacial score (nSPS) is 14.3. The molecule has 2 rings (SSSR count). The van der Waals surface area contributed by atoms with E-state index in [0.717, 1.165) is 0 Å². The largest absolute Gasteiger partial charge is 0.452 e. The molecule has 26 heavy (non-hydrogen) atoms. The van der Waals surface area contributed by atoms with Crippen molar-refractivity contribution in [1.29, 1.82) is 5.26 Å². The number of nitrogens with one attached hydrogen (secondary N) is 1. The van der Waals surface area contributed by atoms with Crippen molar-refractivity contribution in [1.82, 2.24) is 15.1 Å². The van der Waals surface area contributed by atoms with Gasteiger partial charge in [0.05, 0.1) is 12.6 Å². The average molecular weight is 358 g/mol. The van der Waals surface area contributed by atoms with Crippen LogP contribution >= 0.6 is 0 Å². The van der Waals surface area contributed by atoms with Crippen molar-refractivity contribution in [3.63, 3.8) is 0 Å². The van der Waals surface area contributed by atoms with Gasteiger partial charge >= 0.3 is 5.97 Å². The van der Waals surface area contributed by atoms with Crippen molar-refractivity contribution in [2.24, 2.45) is 5.92 Å². The van der Waals surface area contributed by atoms with Crippen molar-refractivity contribution in [3.8, 4) is 6.07 Å². The number of aromatic nitrogens is 2. The molecule has 2 atom stereocenters. The molecule has 0 bridgehead atoms. The highest BCUT2D eigenvalue weighted by Crippen LogP contribution is 2.16. The van der Waals surface area contributed by atoms with Gasteiger partial charge < -0.3 is 14.5 Å². The van der Waals surface area contributed by atoms with Gasteiger partial charge in [0.15, 0.2) is 6.10 Å². The first-order chi connectivity index (χ1) is 12.2. The van der Waals surface area contributed by atoms with Gasteiger partial charge in [-0.05, 0) is 38.0 Å². The Morgan fingerprint density at radius 1 is 1.42 bits per heavy atom. The van der Waals surface area contributed by atoms with Crippen LogP contribution in [-0.4, -0.2) is 33.3 Å². The molecule has 8 nitrogen and oxygen atoms in total. The minimum Gasteiger partial charge on any atom is -0.452 e. The number of amides is 1. The molecule has 2 aromatic heterocycles. The highest BCUT2D eigenvalue weighted by Gasteiger charge is 2.33. The zero-order valence-corrected chi connectivity index (χ0v) is 15.2. The smallest absolute Gasteiger partial charge is 0.375 e.